The highest BCUT2D eigenvalue weighted by Crippen LogP contribution is 2.31. The summed E-state index contributed by atoms with van der Waals surface area (Å²) >= 11 is 2.91. The van der Waals surface area contributed by atoms with Crippen molar-refractivity contribution in [1.29, 1.82) is 0 Å². The van der Waals surface area contributed by atoms with E-state index in [4.69, 9.17) is 9.47 Å². The summed E-state index contributed by atoms with van der Waals surface area (Å²) in [4.78, 5) is 11.3. The molecule has 0 saturated heterocycles. The maximum atomic E-state index is 11.3. The number of benzene rings is 1. The SMILES string of the molecule is CCC(=O)Nc1nnc(SCc2cc(OC)cc(OC)c2)s1. The largest absolute Gasteiger partial charge is 0.497 e. The summed E-state index contributed by atoms with van der Waals surface area (Å²) in [7, 11) is 3.25. The van der Waals surface area contributed by atoms with E-state index in [1.165, 1.54) is 11.3 Å². The maximum absolute atomic E-state index is 11.3. The molecule has 1 heterocycles. The molecule has 0 aliphatic carbocycles. The van der Waals surface area contributed by atoms with E-state index in [1.807, 2.05) is 18.2 Å². The zero-order chi connectivity index (χ0) is 15.9. The normalized spacial score (nSPS) is 10.3. The number of amides is 1. The Morgan fingerprint density at radius 2 is 1.91 bits per heavy atom. The second-order valence-electron chi connectivity index (χ2n) is 4.28. The lowest BCUT2D eigenvalue weighted by Gasteiger charge is -2.07. The number of carbonyl (C=O) groups excluding carboxylic acids is 1. The number of ether oxygens (including phenoxy) is 2. The quantitative estimate of drug-likeness (QED) is 0.617. The molecule has 22 heavy (non-hydrogen) atoms. The number of anilines is 1. The fourth-order valence-electron chi connectivity index (χ4n) is 1.62. The van der Waals surface area contributed by atoms with Crippen LogP contribution in [-0.4, -0.2) is 30.3 Å². The Bertz CT molecular complexity index is 624. The molecular formula is C14H17N3O3S2. The topological polar surface area (TPSA) is 73.3 Å². The van der Waals surface area contributed by atoms with E-state index in [0.717, 1.165) is 21.4 Å². The van der Waals surface area contributed by atoms with Gasteiger partial charge in [-0.15, -0.1) is 10.2 Å². The third-order valence-electron chi connectivity index (χ3n) is 2.75. The number of aromatic nitrogens is 2. The molecule has 6 nitrogen and oxygen atoms in total. The van der Waals surface area contributed by atoms with Crippen molar-refractivity contribution in [1.82, 2.24) is 10.2 Å². The van der Waals surface area contributed by atoms with Gasteiger partial charge in [-0.05, 0) is 17.7 Å². The fourth-order valence-corrected chi connectivity index (χ4v) is 3.32. The van der Waals surface area contributed by atoms with Gasteiger partial charge in [-0.25, -0.2) is 0 Å². The number of nitrogens with zero attached hydrogens (tertiary/aromatic N) is 2. The Morgan fingerprint density at radius 3 is 2.50 bits per heavy atom. The van der Waals surface area contributed by atoms with Crippen LogP contribution in [0.3, 0.4) is 0 Å². The lowest BCUT2D eigenvalue weighted by Crippen LogP contribution is -2.08. The monoisotopic (exact) mass is 339 g/mol. The van der Waals surface area contributed by atoms with E-state index < -0.39 is 0 Å². The third kappa shape index (κ3) is 4.60. The first-order valence-corrected chi connectivity index (χ1v) is 8.43. The summed E-state index contributed by atoms with van der Waals surface area (Å²) in [5, 5.41) is 11.2. The van der Waals surface area contributed by atoms with E-state index in [-0.39, 0.29) is 5.91 Å². The first-order valence-electron chi connectivity index (χ1n) is 6.62. The Kier molecular flexibility index (Phi) is 6.02. The van der Waals surface area contributed by atoms with Gasteiger partial charge in [0.05, 0.1) is 14.2 Å². The van der Waals surface area contributed by atoms with Crippen molar-refractivity contribution in [3.05, 3.63) is 23.8 Å². The van der Waals surface area contributed by atoms with Crippen molar-refractivity contribution >= 4 is 34.1 Å². The number of hydrogen-bond donors (Lipinski definition) is 1. The van der Waals surface area contributed by atoms with Gasteiger partial charge < -0.3 is 14.8 Å². The highest BCUT2D eigenvalue weighted by atomic mass is 32.2. The van der Waals surface area contributed by atoms with Gasteiger partial charge in [0.2, 0.25) is 11.0 Å². The molecule has 0 unspecified atom stereocenters. The van der Waals surface area contributed by atoms with E-state index in [2.05, 4.69) is 15.5 Å². The molecule has 0 spiro atoms. The van der Waals surface area contributed by atoms with Gasteiger partial charge >= 0.3 is 0 Å². The average Bonchev–Trinajstić information content (AvgIpc) is 2.99. The van der Waals surface area contributed by atoms with Crippen molar-refractivity contribution in [2.75, 3.05) is 19.5 Å². The first kappa shape index (κ1) is 16.6. The molecule has 1 aromatic heterocycles. The van der Waals surface area contributed by atoms with Crippen molar-refractivity contribution in [2.24, 2.45) is 0 Å². The smallest absolute Gasteiger partial charge is 0.225 e. The Balaban J connectivity index is 1.99. The second kappa shape index (κ2) is 8.00. The summed E-state index contributed by atoms with van der Waals surface area (Å²) in [6.45, 7) is 1.79. The molecule has 0 saturated carbocycles. The molecule has 1 aromatic carbocycles. The van der Waals surface area contributed by atoms with Gasteiger partial charge in [0.1, 0.15) is 11.5 Å². The zero-order valence-electron chi connectivity index (χ0n) is 12.6. The van der Waals surface area contributed by atoms with Crippen molar-refractivity contribution in [2.45, 2.75) is 23.4 Å². The van der Waals surface area contributed by atoms with Gasteiger partial charge in [0, 0.05) is 18.2 Å². The average molecular weight is 339 g/mol. The van der Waals surface area contributed by atoms with Crippen LogP contribution in [0.2, 0.25) is 0 Å². The molecule has 2 rings (SSSR count). The van der Waals surface area contributed by atoms with Crippen LogP contribution >= 0.6 is 23.1 Å². The zero-order valence-corrected chi connectivity index (χ0v) is 14.2. The molecule has 0 radical (unpaired) electrons. The molecule has 2 aromatic rings. The minimum Gasteiger partial charge on any atom is -0.497 e. The highest BCUT2D eigenvalue weighted by Gasteiger charge is 2.08. The molecular weight excluding hydrogens is 322 g/mol. The van der Waals surface area contributed by atoms with E-state index in [0.29, 0.717) is 17.3 Å². The van der Waals surface area contributed by atoms with Crippen LogP contribution in [0.4, 0.5) is 5.13 Å². The lowest BCUT2D eigenvalue weighted by molar-refractivity contribution is -0.115. The van der Waals surface area contributed by atoms with Crippen LogP contribution < -0.4 is 14.8 Å². The minimum atomic E-state index is -0.0646. The fraction of sp³-hybridized carbons (Fsp3) is 0.357. The summed E-state index contributed by atoms with van der Waals surface area (Å²) < 4.78 is 11.3. The number of nitrogens with one attached hydrogen (secondary N) is 1. The molecule has 118 valence electrons. The van der Waals surface area contributed by atoms with Crippen LogP contribution in [0, 0.1) is 0 Å². The van der Waals surface area contributed by atoms with Crippen molar-refractivity contribution in [3.8, 4) is 11.5 Å². The number of rotatable bonds is 7. The van der Waals surface area contributed by atoms with E-state index >= 15 is 0 Å². The minimum absolute atomic E-state index is 0.0646. The van der Waals surface area contributed by atoms with Crippen LogP contribution in [0.25, 0.3) is 0 Å². The molecule has 1 amide bonds. The molecule has 0 fully saturated rings. The lowest BCUT2D eigenvalue weighted by atomic mass is 10.2. The van der Waals surface area contributed by atoms with Crippen molar-refractivity contribution < 1.29 is 14.3 Å². The van der Waals surface area contributed by atoms with Crippen molar-refractivity contribution in [3.63, 3.8) is 0 Å². The van der Waals surface area contributed by atoms with Crippen LogP contribution in [0.15, 0.2) is 22.5 Å². The summed E-state index contributed by atoms with van der Waals surface area (Å²) in [6, 6.07) is 5.74. The maximum Gasteiger partial charge on any atom is 0.225 e. The van der Waals surface area contributed by atoms with E-state index in [1.54, 1.807) is 32.9 Å². The van der Waals surface area contributed by atoms with Crippen LogP contribution in [-0.2, 0) is 10.5 Å². The standard InChI is InChI=1S/C14H17N3O3S2/c1-4-12(18)15-13-16-17-14(22-13)21-8-9-5-10(19-2)7-11(6-9)20-3/h5-7H,4,8H2,1-3H3,(H,15,16,18). The third-order valence-corrected chi connectivity index (χ3v) is 4.79. The molecule has 8 heteroatoms. The van der Waals surface area contributed by atoms with Gasteiger partial charge in [-0.3, -0.25) is 4.79 Å². The number of methoxy groups -OCH3 is 2. The highest BCUT2D eigenvalue weighted by molar-refractivity contribution is 8.00. The Hall–Kier alpha value is -1.80. The van der Waals surface area contributed by atoms with Gasteiger partial charge in [-0.1, -0.05) is 30.0 Å². The van der Waals surface area contributed by atoms with Crippen LogP contribution in [0.5, 0.6) is 11.5 Å². The Labute approximate surface area is 137 Å². The van der Waals surface area contributed by atoms with E-state index in [9.17, 15) is 4.79 Å². The number of thioether (sulfide) groups is 1. The molecule has 0 atom stereocenters. The molecule has 0 aliphatic rings. The predicted octanol–water partition coefficient (Wildman–Crippen LogP) is 3.20. The first-order chi connectivity index (χ1) is 10.6. The molecule has 0 bridgehead atoms. The van der Waals surface area contributed by atoms with Gasteiger partial charge in [0.15, 0.2) is 4.34 Å². The number of carbonyl (C=O) groups is 1. The number of hydrogen-bond acceptors (Lipinski definition) is 7. The van der Waals surface area contributed by atoms with Crippen LogP contribution in [0.1, 0.15) is 18.9 Å². The Morgan fingerprint density at radius 1 is 1.23 bits per heavy atom. The summed E-state index contributed by atoms with van der Waals surface area (Å²) in [5.74, 6) is 2.15. The summed E-state index contributed by atoms with van der Waals surface area (Å²) in [6.07, 6.45) is 0.422. The molecule has 1 N–H and O–H groups in total. The molecule has 0 aliphatic heterocycles. The van der Waals surface area contributed by atoms with Gasteiger partial charge in [0.25, 0.3) is 0 Å². The predicted molar refractivity (Wildman–Crippen MR) is 87.9 cm³/mol. The second-order valence-corrected chi connectivity index (χ2v) is 6.48. The van der Waals surface area contributed by atoms with Gasteiger partial charge in [-0.2, -0.15) is 0 Å². The summed E-state index contributed by atoms with van der Waals surface area (Å²) in [5.41, 5.74) is 1.07.